The number of benzene rings is 1. The van der Waals surface area contributed by atoms with Gasteiger partial charge in [0.15, 0.2) is 6.07 Å². The van der Waals surface area contributed by atoms with Crippen LogP contribution in [0.15, 0.2) is 29.2 Å². The Balaban J connectivity index is 2.91. The fourth-order valence-corrected chi connectivity index (χ4v) is 2.03. The zero-order chi connectivity index (χ0) is 13.6. The standard InChI is InChI=1S/C11H8N2O4S/c12-7-1-2-9-3-5-10(6-4-9)18(16,17)13-8-11(14)15/h3-6,13H,8H2,(H,14,15). The minimum Gasteiger partial charge on any atom is -0.480 e. The van der Waals surface area contributed by atoms with Crippen molar-refractivity contribution in [2.75, 3.05) is 6.54 Å². The Labute approximate surface area is 104 Å². The number of hydrogen-bond donors (Lipinski definition) is 2. The molecule has 0 bridgehead atoms. The molecule has 7 heteroatoms. The van der Waals surface area contributed by atoms with E-state index >= 15 is 0 Å². The van der Waals surface area contributed by atoms with E-state index in [2.05, 4.69) is 11.8 Å². The summed E-state index contributed by atoms with van der Waals surface area (Å²) in [7, 11) is -3.84. The van der Waals surface area contributed by atoms with E-state index in [1.54, 1.807) is 6.07 Å². The number of carboxylic acid groups (broad SMARTS) is 1. The van der Waals surface area contributed by atoms with E-state index in [0.717, 1.165) is 0 Å². The molecule has 92 valence electrons. The van der Waals surface area contributed by atoms with Crippen LogP contribution in [0.5, 0.6) is 0 Å². The lowest BCUT2D eigenvalue weighted by molar-refractivity contribution is -0.135. The second kappa shape index (κ2) is 5.82. The molecule has 0 radical (unpaired) electrons. The van der Waals surface area contributed by atoms with E-state index in [1.807, 2.05) is 4.72 Å². The molecule has 0 aliphatic heterocycles. The van der Waals surface area contributed by atoms with Gasteiger partial charge in [-0.05, 0) is 24.3 Å². The van der Waals surface area contributed by atoms with E-state index in [0.29, 0.717) is 5.56 Å². The summed E-state index contributed by atoms with van der Waals surface area (Å²) < 4.78 is 25.1. The molecule has 0 unspecified atom stereocenters. The molecular formula is C11H8N2O4S. The molecule has 0 aliphatic carbocycles. The highest BCUT2D eigenvalue weighted by Gasteiger charge is 2.14. The first-order valence-corrected chi connectivity index (χ1v) is 6.15. The van der Waals surface area contributed by atoms with Crippen molar-refractivity contribution < 1.29 is 18.3 Å². The Hall–Kier alpha value is -2.35. The van der Waals surface area contributed by atoms with Crippen LogP contribution in [0.3, 0.4) is 0 Å². The minimum absolute atomic E-state index is 0.0637. The van der Waals surface area contributed by atoms with Gasteiger partial charge in [0.25, 0.3) is 0 Å². The average Bonchev–Trinajstić information content (AvgIpc) is 2.34. The van der Waals surface area contributed by atoms with Gasteiger partial charge in [-0.1, -0.05) is 5.92 Å². The van der Waals surface area contributed by atoms with Gasteiger partial charge in [-0.15, -0.1) is 0 Å². The van der Waals surface area contributed by atoms with Gasteiger partial charge in [0, 0.05) is 11.5 Å². The van der Waals surface area contributed by atoms with Crippen molar-refractivity contribution in [3.05, 3.63) is 29.8 Å². The van der Waals surface area contributed by atoms with Crippen molar-refractivity contribution in [1.29, 1.82) is 5.26 Å². The fraction of sp³-hybridized carbons (Fsp3) is 0.0909. The molecule has 18 heavy (non-hydrogen) atoms. The molecule has 0 heterocycles. The van der Waals surface area contributed by atoms with Gasteiger partial charge in [-0.3, -0.25) is 4.79 Å². The quantitative estimate of drug-likeness (QED) is 0.740. The zero-order valence-electron chi connectivity index (χ0n) is 9.04. The van der Waals surface area contributed by atoms with Crippen LogP contribution in [0.4, 0.5) is 0 Å². The van der Waals surface area contributed by atoms with E-state index < -0.39 is 22.5 Å². The van der Waals surface area contributed by atoms with Crippen LogP contribution in [-0.2, 0) is 14.8 Å². The van der Waals surface area contributed by atoms with Crippen LogP contribution in [0.2, 0.25) is 0 Å². The lowest BCUT2D eigenvalue weighted by Gasteiger charge is -2.04. The van der Waals surface area contributed by atoms with E-state index in [4.69, 9.17) is 10.4 Å². The Morgan fingerprint density at radius 1 is 1.33 bits per heavy atom. The van der Waals surface area contributed by atoms with Gasteiger partial charge < -0.3 is 5.11 Å². The third-order valence-electron chi connectivity index (χ3n) is 1.84. The smallest absolute Gasteiger partial charge is 0.318 e. The molecule has 0 saturated heterocycles. The van der Waals surface area contributed by atoms with Crippen LogP contribution in [0, 0.1) is 23.2 Å². The molecule has 0 amide bonds. The number of rotatable bonds is 4. The van der Waals surface area contributed by atoms with Crippen LogP contribution in [0.1, 0.15) is 5.56 Å². The van der Waals surface area contributed by atoms with Crippen molar-refractivity contribution in [2.45, 2.75) is 4.90 Å². The van der Waals surface area contributed by atoms with Crippen molar-refractivity contribution in [2.24, 2.45) is 0 Å². The van der Waals surface area contributed by atoms with Gasteiger partial charge >= 0.3 is 5.97 Å². The average molecular weight is 264 g/mol. The fourth-order valence-electron chi connectivity index (χ4n) is 1.06. The third kappa shape index (κ3) is 3.91. The van der Waals surface area contributed by atoms with Crippen LogP contribution in [0.25, 0.3) is 0 Å². The number of aliphatic carboxylic acids is 1. The molecule has 1 rings (SSSR count). The summed E-state index contributed by atoms with van der Waals surface area (Å²) in [5.74, 6) is 3.41. The van der Waals surface area contributed by atoms with E-state index in [1.165, 1.54) is 24.3 Å². The Bertz CT molecular complexity index is 645. The molecule has 0 aliphatic rings. The van der Waals surface area contributed by atoms with Gasteiger partial charge in [-0.2, -0.15) is 9.98 Å². The predicted octanol–water partition coefficient (Wildman–Crippen LogP) is -0.0754. The highest BCUT2D eigenvalue weighted by atomic mass is 32.2. The van der Waals surface area contributed by atoms with Crippen LogP contribution in [-0.4, -0.2) is 26.0 Å². The Morgan fingerprint density at radius 3 is 2.44 bits per heavy atom. The number of hydrogen-bond acceptors (Lipinski definition) is 4. The molecule has 0 fully saturated rings. The van der Waals surface area contributed by atoms with Gasteiger partial charge in [0.2, 0.25) is 10.0 Å². The number of nitrogens with zero attached hydrogens (tertiary/aromatic N) is 1. The van der Waals surface area contributed by atoms with Crippen LogP contribution >= 0.6 is 0 Å². The van der Waals surface area contributed by atoms with Crippen molar-refractivity contribution in [3.63, 3.8) is 0 Å². The Morgan fingerprint density at radius 2 is 1.94 bits per heavy atom. The number of nitrogens with one attached hydrogen (secondary N) is 1. The summed E-state index contributed by atoms with van der Waals surface area (Å²) in [4.78, 5) is 10.2. The van der Waals surface area contributed by atoms with Crippen molar-refractivity contribution in [1.82, 2.24) is 4.72 Å². The van der Waals surface area contributed by atoms with Gasteiger partial charge in [0.05, 0.1) is 4.90 Å². The maximum atomic E-state index is 11.6. The Kier molecular flexibility index (Phi) is 4.44. The summed E-state index contributed by atoms with van der Waals surface area (Å²) >= 11 is 0. The monoisotopic (exact) mass is 264 g/mol. The second-order valence-corrected chi connectivity index (χ2v) is 4.87. The number of sulfonamides is 1. The van der Waals surface area contributed by atoms with Gasteiger partial charge in [0.1, 0.15) is 6.54 Å². The third-order valence-corrected chi connectivity index (χ3v) is 3.26. The SMILES string of the molecule is N#CC#Cc1ccc(S(=O)(=O)NCC(=O)O)cc1. The summed E-state index contributed by atoms with van der Waals surface area (Å²) in [6, 6.07) is 7.06. The predicted molar refractivity (Wildman–Crippen MR) is 61.8 cm³/mol. The van der Waals surface area contributed by atoms with Crippen molar-refractivity contribution in [3.8, 4) is 17.9 Å². The molecule has 0 aromatic heterocycles. The number of carbonyl (C=O) groups is 1. The molecular weight excluding hydrogens is 256 g/mol. The lowest BCUT2D eigenvalue weighted by atomic mass is 10.2. The maximum Gasteiger partial charge on any atom is 0.318 e. The summed E-state index contributed by atoms with van der Waals surface area (Å²) in [5.41, 5.74) is 0.494. The van der Waals surface area contributed by atoms with Crippen LogP contribution < -0.4 is 4.72 Å². The topological polar surface area (TPSA) is 107 Å². The van der Waals surface area contributed by atoms with E-state index in [9.17, 15) is 13.2 Å². The largest absolute Gasteiger partial charge is 0.480 e. The first kappa shape index (κ1) is 13.7. The zero-order valence-corrected chi connectivity index (χ0v) is 9.86. The molecule has 2 N–H and O–H groups in total. The first-order valence-electron chi connectivity index (χ1n) is 4.67. The summed E-state index contributed by atoms with van der Waals surface area (Å²) in [5, 5.41) is 16.6. The second-order valence-electron chi connectivity index (χ2n) is 3.10. The van der Waals surface area contributed by atoms with E-state index in [-0.39, 0.29) is 4.90 Å². The molecule has 0 saturated carbocycles. The lowest BCUT2D eigenvalue weighted by Crippen LogP contribution is -2.29. The minimum atomic E-state index is -3.84. The van der Waals surface area contributed by atoms with Gasteiger partial charge in [-0.25, -0.2) is 8.42 Å². The molecule has 0 atom stereocenters. The summed E-state index contributed by atoms with van der Waals surface area (Å²) in [6.45, 7) is -0.682. The van der Waals surface area contributed by atoms with Crippen molar-refractivity contribution >= 4 is 16.0 Å². The number of carboxylic acids is 1. The highest BCUT2D eigenvalue weighted by molar-refractivity contribution is 7.89. The highest BCUT2D eigenvalue weighted by Crippen LogP contribution is 2.09. The molecule has 0 spiro atoms. The molecule has 1 aromatic carbocycles. The molecule has 1 aromatic rings. The summed E-state index contributed by atoms with van der Waals surface area (Å²) in [6.07, 6.45) is 0. The number of nitriles is 1. The molecule has 6 nitrogen and oxygen atoms in total. The normalized spacial score (nSPS) is 9.94. The first-order chi connectivity index (χ1) is 8.45. The maximum absolute atomic E-state index is 11.6.